The molecular weight excluding hydrogens is 340 g/mol. The van der Waals surface area contributed by atoms with Crippen LogP contribution in [0.15, 0.2) is 42.5 Å². The van der Waals surface area contributed by atoms with Crippen LogP contribution >= 0.6 is 0 Å². The van der Waals surface area contributed by atoms with E-state index in [1.165, 1.54) is 29.0 Å². The van der Waals surface area contributed by atoms with E-state index in [1.807, 2.05) is 6.07 Å². The Morgan fingerprint density at radius 1 is 1.15 bits per heavy atom. The van der Waals surface area contributed by atoms with Gasteiger partial charge in [-0.3, -0.25) is 14.4 Å². The molecule has 4 rings (SSSR count). The number of aromatic nitrogens is 2. The van der Waals surface area contributed by atoms with Gasteiger partial charge in [0.25, 0.3) is 0 Å². The zero-order chi connectivity index (χ0) is 18.8. The smallest absolute Gasteiger partial charge is 0.217 e. The number of carbonyl (C=O) groups excluding carboxylic acids is 1. The van der Waals surface area contributed by atoms with Crippen LogP contribution in [0.25, 0.3) is 10.8 Å². The van der Waals surface area contributed by atoms with Crippen LogP contribution < -0.4 is 10.1 Å². The third-order valence-corrected chi connectivity index (χ3v) is 4.96. The first-order valence-corrected chi connectivity index (χ1v) is 9.20. The molecular formula is C21H24N4O2. The highest BCUT2D eigenvalue weighted by atomic mass is 16.5. The van der Waals surface area contributed by atoms with Crippen LogP contribution in [-0.4, -0.2) is 34.2 Å². The number of nitrogens with zero attached hydrogens (tertiary/aromatic N) is 3. The summed E-state index contributed by atoms with van der Waals surface area (Å²) in [4.78, 5) is 13.5. The SMILES string of the molecule is COc1ccc2cc(CN3CCn4nc(CNC(C)=O)cc4C3)ccc2c1. The summed E-state index contributed by atoms with van der Waals surface area (Å²) in [5.41, 5.74) is 3.42. The minimum Gasteiger partial charge on any atom is -0.497 e. The Labute approximate surface area is 158 Å². The lowest BCUT2D eigenvalue weighted by molar-refractivity contribution is -0.119. The van der Waals surface area contributed by atoms with Gasteiger partial charge in [-0.1, -0.05) is 18.2 Å². The van der Waals surface area contributed by atoms with Crippen LogP contribution in [0.4, 0.5) is 0 Å². The molecule has 2 aromatic carbocycles. The number of nitrogens with one attached hydrogen (secondary N) is 1. The normalized spacial score (nSPS) is 14.1. The fourth-order valence-corrected chi connectivity index (χ4v) is 3.57. The first-order valence-electron chi connectivity index (χ1n) is 9.20. The minimum atomic E-state index is -0.0310. The zero-order valence-corrected chi connectivity index (χ0v) is 15.7. The van der Waals surface area contributed by atoms with Gasteiger partial charge in [0.1, 0.15) is 5.75 Å². The number of amides is 1. The number of fused-ring (bicyclic) bond motifs is 2. The average molecular weight is 364 g/mol. The summed E-state index contributed by atoms with van der Waals surface area (Å²) >= 11 is 0. The van der Waals surface area contributed by atoms with E-state index in [0.717, 1.165) is 37.6 Å². The topological polar surface area (TPSA) is 59.4 Å². The van der Waals surface area contributed by atoms with Crippen molar-refractivity contribution in [3.8, 4) is 5.75 Å². The second kappa shape index (κ2) is 7.40. The van der Waals surface area contributed by atoms with Gasteiger partial charge in [-0.05, 0) is 40.6 Å². The molecule has 3 aromatic rings. The third kappa shape index (κ3) is 3.95. The Hall–Kier alpha value is -2.86. The highest BCUT2D eigenvalue weighted by Crippen LogP contribution is 2.23. The Balaban J connectivity index is 1.45. The maximum absolute atomic E-state index is 11.1. The summed E-state index contributed by atoms with van der Waals surface area (Å²) in [5, 5.41) is 9.82. The number of carbonyl (C=O) groups is 1. The van der Waals surface area contributed by atoms with Crippen LogP contribution in [-0.2, 0) is 31.0 Å². The number of rotatable bonds is 5. The van der Waals surface area contributed by atoms with Crippen molar-refractivity contribution in [2.45, 2.75) is 33.1 Å². The first-order chi connectivity index (χ1) is 13.1. The highest BCUT2D eigenvalue weighted by molar-refractivity contribution is 5.84. The Morgan fingerprint density at radius 3 is 2.78 bits per heavy atom. The molecule has 0 bridgehead atoms. The number of methoxy groups -OCH3 is 1. The van der Waals surface area contributed by atoms with Gasteiger partial charge in [0.15, 0.2) is 0 Å². The summed E-state index contributed by atoms with van der Waals surface area (Å²) < 4.78 is 7.36. The Bertz CT molecular complexity index is 979. The Morgan fingerprint density at radius 2 is 1.96 bits per heavy atom. The van der Waals surface area contributed by atoms with Gasteiger partial charge in [-0.15, -0.1) is 0 Å². The molecule has 0 spiro atoms. The highest BCUT2D eigenvalue weighted by Gasteiger charge is 2.18. The van der Waals surface area contributed by atoms with Crippen molar-refractivity contribution in [3.05, 3.63) is 59.4 Å². The van der Waals surface area contributed by atoms with E-state index in [4.69, 9.17) is 4.74 Å². The number of ether oxygens (including phenoxy) is 1. The van der Waals surface area contributed by atoms with Crippen molar-refractivity contribution in [3.63, 3.8) is 0 Å². The van der Waals surface area contributed by atoms with E-state index in [-0.39, 0.29) is 5.91 Å². The second-order valence-electron chi connectivity index (χ2n) is 7.02. The van der Waals surface area contributed by atoms with Crippen molar-refractivity contribution in [1.29, 1.82) is 0 Å². The lowest BCUT2D eigenvalue weighted by atomic mass is 10.1. The fourth-order valence-electron chi connectivity index (χ4n) is 3.57. The summed E-state index contributed by atoms with van der Waals surface area (Å²) in [6, 6.07) is 14.9. The monoisotopic (exact) mass is 364 g/mol. The summed E-state index contributed by atoms with van der Waals surface area (Å²) in [6.07, 6.45) is 0. The zero-order valence-electron chi connectivity index (χ0n) is 15.7. The molecule has 140 valence electrons. The van der Waals surface area contributed by atoms with E-state index in [1.54, 1.807) is 7.11 Å². The second-order valence-corrected chi connectivity index (χ2v) is 7.02. The molecule has 0 saturated carbocycles. The molecule has 1 aliphatic rings. The summed E-state index contributed by atoms with van der Waals surface area (Å²) in [7, 11) is 1.69. The van der Waals surface area contributed by atoms with Crippen molar-refractivity contribution >= 4 is 16.7 Å². The molecule has 6 nitrogen and oxygen atoms in total. The van der Waals surface area contributed by atoms with Gasteiger partial charge in [0.2, 0.25) is 5.91 Å². The van der Waals surface area contributed by atoms with Crippen LogP contribution in [0.2, 0.25) is 0 Å². The van der Waals surface area contributed by atoms with Gasteiger partial charge in [-0.2, -0.15) is 5.10 Å². The minimum absolute atomic E-state index is 0.0310. The van der Waals surface area contributed by atoms with Crippen LogP contribution in [0.1, 0.15) is 23.9 Å². The maximum Gasteiger partial charge on any atom is 0.217 e. The molecule has 0 aliphatic carbocycles. The number of hydrogen-bond acceptors (Lipinski definition) is 4. The Kier molecular flexibility index (Phi) is 4.81. The lowest BCUT2D eigenvalue weighted by Gasteiger charge is -2.27. The van der Waals surface area contributed by atoms with Crippen LogP contribution in [0.3, 0.4) is 0 Å². The molecule has 1 N–H and O–H groups in total. The third-order valence-electron chi connectivity index (χ3n) is 4.96. The van der Waals surface area contributed by atoms with Gasteiger partial charge in [-0.25, -0.2) is 0 Å². The van der Waals surface area contributed by atoms with Crippen molar-refractivity contribution in [2.75, 3.05) is 13.7 Å². The molecule has 0 unspecified atom stereocenters. The maximum atomic E-state index is 11.1. The molecule has 1 aromatic heterocycles. The quantitative estimate of drug-likeness (QED) is 0.756. The predicted octanol–water partition coefficient (Wildman–Crippen LogP) is 2.70. The fraction of sp³-hybridized carbons (Fsp3) is 0.333. The molecule has 1 amide bonds. The molecule has 1 aliphatic heterocycles. The average Bonchev–Trinajstić information content (AvgIpc) is 3.08. The molecule has 27 heavy (non-hydrogen) atoms. The predicted molar refractivity (Wildman–Crippen MR) is 104 cm³/mol. The molecule has 0 radical (unpaired) electrons. The van der Waals surface area contributed by atoms with Gasteiger partial charge >= 0.3 is 0 Å². The molecule has 0 atom stereocenters. The number of benzene rings is 2. The first kappa shape index (κ1) is 17.5. The van der Waals surface area contributed by atoms with E-state index < -0.39 is 0 Å². The molecule has 0 fully saturated rings. The molecule has 2 heterocycles. The lowest BCUT2D eigenvalue weighted by Crippen LogP contribution is -2.33. The van der Waals surface area contributed by atoms with E-state index >= 15 is 0 Å². The van der Waals surface area contributed by atoms with Gasteiger partial charge in [0, 0.05) is 26.6 Å². The van der Waals surface area contributed by atoms with E-state index in [2.05, 4.69) is 56.4 Å². The standard InChI is InChI=1S/C21H24N4O2/c1-15(26)22-12-19-11-20-14-24(7-8-25(20)23-19)13-16-3-4-18-10-21(27-2)6-5-17(18)9-16/h3-6,9-11H,7-8,12-14H2,1-2H3,(H,22,26). The van der Waals surface area contributed by atoms with Crippen LogP contribution in [0, 0.1) is 0 Å². The summed E-state index contributed by atoms with van der Waals surface area (Å²) in [5.74, 6) is 0.853. The van der Waals surface area contributed by atoms with Crippen molar-refractivity contribution in [2.24, 2.45) is 0 Å². The van der Waals surface area contributed by atoms with Crippen LogP contribution in [0.5, 0.6) is 5.75 Å². The van der Waals surface area contributed by atoms with Gasteiger partial charge < -0.3 is 10.1 Å². The van der Waals surface area contributed by atoms with Crippen molar-refractivity contribution < 1.29 is 9.53 Å². The molecule has 6 heteroatoms. The van der Waals surface area contributed by atoms with Gasteiger partial charge in [0.05, 0.1) is 31.6 Å². The largest absolute Gasteiger partial charge is 0.497 e. The van der Waals surface area contributed by atoms with E-state index in [0.29, 0.717) is 6.54 Å². The van der Waals surface area contributed by atoms with Crippen molar-refractivity contribution in [1.82, 2.24) is 20.0 Å². The molecule has 0 saturated heterocycles. The summed E-state index contributed by atoms with van der Waals surface area (Å²) in [6.45, 7) is 5.64. The van der Waals surface area contributed by atoms with E-state index in [9.17, 15) is 4.79 Å². The number of hydrogen-bond donors (Lipinski definition) is 1.